The van der Waals surface area contributed by atoms with Crippen LogP contribution in [0.1, 0.15) is 25.2 Å². The Kier molecular flexibility index (Phi) is 5.00. The Labute approximate surface area is 236 Å². The second-order valence-electron chi connectivity index (χ2n) is 10.7. The summed E-state index contributed by atoms with van der Waals surface area (Å²) in [5, 5.41) is 2.52. The quantitative estimate of drug-likeness (QED) is 0.228. The lowest BCUT2D eigenvalue weighted by Crippen LogP contribution is -2.19. The number of rotatable bonds is 3. The highest BCUT2D eigenvalue weighted by Gasteiger charge is 2.42. The van der Waals surface area contributed by atoms with Crippen LogP contribution >= 0.6 is 11.3 Å². The maximum absolute atomic E-state index is 5.45. The first-order valence-corrected chi connectivity index (χ1v) is 14.2. The van der Waals surface area contributed by atoms with Gasteiger partial charge >= 0.3 is 0 Å². The Balaban J connectivity index is 1.42. The van der Waals surface area contributed by atoms with Crippen LogP contribution in [-0.4, -0.2) is 19.9 Å². The van der Waals surface area contributed by atoms with Gasteiger partial charge in [-0.3, -0.25) is 4.98 Å². The van der Waals surface area contributed by atoms with E-state index in [0.29, 0.717) is 0 Å². The lowest BCUT2D eigenvalue weighted by molar-refractivity contribution is 0.614. The van der Waals surface area contributed by atoms with Gasteiger partial charge in [-0.1, -0.05) is 97.1 Å². The largest absolute Gasteiger partial charge is 0.256 e. The molecule has 0 fully saturated rings. The van der Waals surface area contributed by atoms with Crippen molar-refractivity contribution in [2.75, 3.05) is 0 Å². The molecule has 0 unspecified atom stereocenters. The van der Waals surface area contributed by atoms with Gasteiger partial charge in [-0.2, -0.15) is 0 Å². The van der Waals surface area contributed by atoms with Gasteiger partial charge in [-0.05, 0) is 19.9 Å². The monoisotopic (exact) mass is 532 g/mol. The van der Waals surface area contributed by atoms with E-state index in [1.54, 1.807) is 0 Å². The van der Waals surface area contributed by atoms with Crippen molar-refractivity contribution >= 4 is 31.5 Å². The number of benzene rings is 4. The van der Waals surface area contributed by atoms with Crippen molar-refractivity contribution in [2.24, 2.45) is 0 Å². The third-order valence-electron chi connectivity index (χ3n) is 7.85. The minimum absolute atomic E-state index is 0.433. The normalized spacial score (nSPS) is 13.4. The predicted octanol–water partition coefficient (Wildman–Crippen LogP) is 8.94. The minimum Gasteiger partial charge on any atom is -0.256 e. The van der Waals surface area contributed by atoms with Crippen LogP contribution in [0.2, 0.25) is 0 Å². The van der Waals surface area contributed by atoms with Gasteiger partial charge in [0.2, 0.25) is 0 Å². The summed E-state index contributed by atoms with van der Waals surface area (Å²) in [5.41, 5.74) is 8.80. The van der Waals surface area contributed by atoms with Crippen LogP contribution in [0, 0.1) is 0 Å². The molecule has 5 heteroatoms. The van der Waals surface area contributed by atoms with E-state index in [9.17, 15) is 0 Å². The Morgan fingerprint density at radius 1 is 0.550 bits per heavy atom. The predicted molar refractivity (Wildman–Crippen MR) is 164 cm³/mol. The van der Waals surface area contributed by atoms with Gasteiger partial charge in [0, 0.05) is 36.9 Å². The van der Waals surface area contributed by atoms with E-state index in [1.165, 1.54) is 20.2 Å². The lowest BCUT2D eigenvalue weighted by atomic mass is 9.89. The Morgan fingerprint density at radius 3 is 2.02 bits per heavy atom. The lowest BCUT2D eigenvalue weighted by Gasteiger charge is -2.20. The fraction of sp³-hybridized carbons (Fsp3) is 0.0857. The van der Waals surface area contributed by atoms with Gasteiger partial charge in [-0.25, -0.2) is 15.0 Å². The second kappa shape index (κ2) is 8.63. The van der Waals surface area contributed by atoms with E-state index in [0.717, 1.165) is 56.5 Å². The van der Waals surface area contributed by atoms with Crippen molar-refractivity contribution in [3.63, 3.8) is 0 Å². The highest BCUT2D eigenvalue weighted by Crippen LogP contribution is 2.49. The second-order valence-corrected chi connectivity index (χ2v) is 11.8. The molecule has 0 atom stereocenters. The molecule has 0 aliphatic heterocycles. The first-order chi connectivity index (χ1) is 19.6. The van der Waals surface area contributed by atoms with Crippen LogP contribution in [-0.2, 0) is 5.41 Å². The van der Waals surface area contributed by atoms with Gasteiger partial charge in [0.25, 0.3) is 0 Å². The molecule has 0 saturated carbocycles. The molecule has 0 bridgehead atoms. The molecular formula is C35H24N4S. The van der Waals surface area contributed by atoms with Crippen LogP contribution in [0.4, 0.5) is 0 Å². The van der Waals surface area contributed by atoms with E-state index < -0.39 is 5.41 Å². The van der Waals surface area contributed by atoms with E-state index in [4.69, 9.17) is 19.9 Å². The molecule has 0 spiro atoms. The maximum Gasteiger partial charge on any atom is 0.114 e. The zero-order chi connectivity index (χ0) is 26.8. The van der Waals surface area contributed by atoms with Crippen molar-refractivity contribution in [3.05, 3.63) is 121 Å². The number of aromatic nitrogens is 4. The smallest absolute Gasteiger partial charge is 0.114 e. The van der Waals surface area contributed by atoms with Crippen molar-refractivity contribution in [2.45, 2.75) is 19.3 Å². The summed E-state index contributed by atoms with van der Waals surface area (Å²) in [6.07, 6.45) is 1.87. The SMILES string of the molecule is CC1(C)c2ncc(-c3ccccc3)nc2-c2nc(-c3ccccc3)c(-c3cccc4c3sc3ccccc34)nc21. The van der Waals surface area contributed by atoms with E-state index in [1.807, 2.05) is 41.8 Å². The summed E-state index contributed by atoms with van der Waals surface area (Å²) in [5.74, 6) is 0. The molecule has 4 nitrogen and oxygen atoms in total. The molecule has 1 aliphatic rings. The van der Waals surface area contributed by atoms with E-state index in [2.05, 4.69) is 92.7 Å². The number of fused-ring (bicyclic) bond motifs is 6. The maximum atomic E-state index is 5.45. The molecule has 3 aromatic heterocycles. The average Bonchev–Trinajstić information content (AvgIpc) is 3.49. The third kappa shape index (κ3) is 3.38. The molecule has 0 amide bonds. The summed E-state index contributed by atoms with van der Waals surface area (Å²) in [6, 6.07) is 35.7. The van der Waals surface area contributed by atoms with Crippen LogP contribution in [0.15, 0.2) is 109 Å². The summed E-state index contributed by atoms with van der Waals surface area (Å²) in [4.78, 5) is 20.9. The first kappa shape index (κ1) is 23.2. The molecule has 0 radical (unpaired) electrons. The van der Waals surface area contributed by atoms with E-state index in [-0.39, 0.29) is 0 Å². The summed E-state index contributed by atoms with van der Waals surface area (Å²) < 4.78 is 2.50. The van der Waals surface area contributed by atoms with Crippen molar-refractivity contribution in [3.8, 4) is 45.2 Å². The molecule has 40 heavy (non-hydrogen) atoms. The molecule has 8 rings (SSSR count). The fourth-order valence-electron chi connectivity index (χ4n) is 5.83. The zero-order valence-electron chi connectivity index (χ0n) is 22.1. The minimum atomic E-state index is -0.433. The Hall–Kier alpha value is -4.74. The topological polar surface area (TPSA) is 51.6 Å². The molecular weight excluding hydrogens is 508 g/mol. The summed E-state index contributed by atoms with van der Waals surface area (Å²) in [7, 11) is 0. The van der Waals surface area contributed by atoms with Crippen LogP contribution < -0.4 is 0 Å². The molecule has 190 valence electrons. The first-order valence-electron chi connectivity index (χ1n) is 13.4. The average molecular weight is 533 g/mol. The number of nitrogens with zero attached hydrogens (tertiary/aromatic N) is 4. The summed E-state index contributed by atoms with van der Waals surface area (Å²) in [6.45, 7) is 4.35. The van der Waals surface area contributed by atoms with Crippen molar-refractivity contribution < 1.29 is 0 Å². The third-order valence-corrected chi connectivity index (χ3v) is 9.07. The molecule has 3 heterocycles. The van der Waals surface area contributed by atoms with Crippen molar-refractivity contribution in [1.82, 2.24) is 19.9 Å². The van der Waals surface area contributed by atoms with Gasteiger partial charge < -0.3 is 0 Å². The highest BCUT2D eigenvalue weighted by atomic mass is 32.1. The van der Waals surface area contributed by atoms with Gasteiger partial charge in [0.1, 0.15) is 11.4 Å². The molecule has 0 saturated heterocycles. The number of hydrogen-bond donors (Lipinski definition) is 0. The Bertz CT molecular complexity index is 2080. The number of thiophene rings is 1. The Morgan fingerprint density at radius 2 is 1.23 bits per heavy atom. The fourth-order valence-corrected chi connectivity index (χ4v) is 7.04. The van der Waals surface area contributed by atoms with Crippen LogP contribution in [0.25, 0.3) is 65.3 Å². The molecule has 1 aliphatic carbocycles. The van der Waals surface area contributed by atoms with Gasteiger partial charge in [0.05, 0.1) is 40.1 Å². The molecule has 7 aromatic rings. The standard InChI is InChI=1S/C35H24N4S/c1-35(2)33-30(37-26(20-36-33)21-12-5-3-6-13-21)31-34(35)39-29(28(38-31)22-14-7-4-8-15-22)25-18-11-17-24-23-16-9-10-19-27(23)40-32(24)25/h3-20H,1-2H3. The zero-order valence-corrected chi connectivity index (χ0v) is 22.9. The van der Waals surface area contributed by atoms with E-state index >= 15 is 0 Å². The highest BCUT2D eigenvalue weighted by molar-refractivity contribution is 7.26. The molecule has 4 aromatic carbocycles. The van der Waals surface area contributed by atoms with Crippen LogP contribution in [0.5, 0.6) is 0 Å². The molecule has 0 N–H and O–H groups in total. The van der Waals surface area contributed by atoms with Gasteiger partial charge in [0.15, 0.2) is 0 Å². The van der Waals surface area contributed by atoms with Crippen LogP contribution in [0.3, 0.4) is 0 Å². The van der Waals surface area contributed by atoms with Crippen molar-refractivity contribution in [1.29, 1.82) is 0 Å². The number of hydrogen-bond acceptors (Lipinski definition) is 5. The summed E-state index contributed by atoms with van der Waals surface area (Å²) >= 11 is 1.81. The van der Waals surface area contributed by atoms with Gasteiger partial charge in [-0.15, -0.1) is 11.3 Å².